The maximum Gasteiger partial charge on any atom is 0.407 e. The fourth-order valence-corrected chi connectivity index (χ4v) is 2.63. The number of nitrogens with one attached hydrogen (secondary N) is 2. The first kappa shape index (κ1) is 19.1. The number of benzene rings is 1. The molecule has 0 spiro atoms. The topological polar surface area (TPSA) is 79.9 Å². The summed E-state index contributed by atoms with van der Waals surface area (Å²) in [5.41, 5.74) is 1.80. The minimum atomic E-state index is -0.655. The van der Waals surface area contributed by atoms with Gasteiger partial charge in [-0.3, -0.25) is 4.79 Å². The maximum atomic E-state index is 12.5. The summed E-state index contributed by atoms with van der Waals surface area (Å²) in [5.74, 6) is -0.320. The first-order chi connectivity index (χ1) is 12.0. The third-order valence-electron chi connectivity index (χ3n) is 4.01. The van der Waals surface area contributed by atoms with Crippen LogP contribution in [0.1, 0.15) is 20.8 Å². The van der Waals surface area contributed by atoms with E-state index in [4.69, 9.17) is 9.47 Å². The SMILES string of the molecule is CCOC(=O)N[C@@H](C(=O)Nc1ccc(N2CCOCC2)cc1)C(C)C. The molecule has 7 heteroatoms. The number of rotatable bonds is 6. The van der Waals surface area contributed by atoms with Crippen molar-refractivity contribution in [3.05, 3.63) is 24.3 Å². The van der Waals surface area contributed by atoms with E-state index >= 15 is 0 Å². The molecule has 1 atom stereocenters. The largest absolute Gasteiger partial charge is 0.450 e. The van der Waals surface area contributed by atoms with Crippen LogP contribution >= 0.6 is 0 Å². The van der Waals surface area contributed by atoms with Gasteiger partial charge in [-0.1, -0.05) is 13.8 Å². The third kappa shape index (κ3) is 5.63. The number of nitrogens with zero attached hydrogens (tertiary/aromatic N) is 1. The molecule has 1 heterocycles. The highest BCUT2D eigenvalue weighted by Crippen LogP contribution is 2.19. The molecule has 1 saturated heterocycles. The zero-order valence-electron chi connectivity index (χ0n) is 15.1. The van der Waals surface area contributed by atoms with Crippen LogP contribution in [0.5, 0.6) is 0 Å². The van der Waals surface area contributed by atoms with E-state index in [0.717, 1.165) is 32.0 Å². The summed E-state index contributed by atoms with van der Waals surface area (Å²) >= 11 is 0. The van der Waals surface area contributed by atoms with Gasteiger partial charge < -0.3 is 25.0 Å². The normalized spacial score (nSPS) is 15.6. The predicted molar refractivity (Wildman–Crippen MR) is 96.9 cm³/mol. The summed E-state index contributed by atoms with van der Waals surface area (Å²) < 4.78 is 10.2. The van der Waals surface area contributed by atoms with Gasteiger partial charge in [-0.25, -0.2) is 4.79 Å². The lowest BCUT2D eigenvalue weighted by atomic mass is 10.0. The number of hydrogen-bond donors (Lipinski definition) is 2. The Morgan fingerprint density at radius 3 is 2.40 bits per heavy atom. The average Bonchev–Trinajstić information content (AvgIpc) is 2.61. The van der Waals surface area contributed by atoms with E-state index in [0.29, 0.717) is 5.69 Å². The van der Waals surface area contributed by atoms with Crippen LogP contribution in [-0.2, 0) is 14.3 Å². The lowest BCUT2D eigenvalue weighted by molar-refractivity contribution is -0.119. The smallest absolute Gasteiger partial charge is 0.407 e. The number of carbonyl (C=O) groups is 2. The second-order valence-electron chi connectivity index (χ2n) is 6.22. The van der Waals surface area contributed by atoms with Gasteiger partial charge in [0.05, 0.1) is 19.8 Å². The molecule has 2 N–H and O–H groups in total. The Balaban J connectivity index is 1.96. The molecule has 7 nitrogen and oxygen atoms in total. The quantitative estimate of drug-likeness (QED) is 0.823. The highest BCUT2D eigenvalue weighted by Gasteiger charge is 2.24. The van der Waals surface area contributed by atoms with Crippen molar-refractivity contribution in [2.45, 2.75) is 26.8 Å². The Hall–Kier alpha value is -2.28. The van der Waals surface area contributed by atoms with Crippen molar-refractivity contribution in [2.75, 3.05) is 43.1 Å². The summed E-state index contributed by atoms with van der Waals surface area (Å²) in [6.45, 7) is 8.93. The van der Waals surface area contributed by atoms with Crippen molar-refractivity contribution in [3.8, 4) is 0 Å². The van der Waals surface area contributed by atoms with Crippen LogP contribution in [0.3, 0.4) is 0 Å². The second kappa shape index (κ2) is 9.27. The summed E-state index contributed by atoms with van der Waals surface area (Å²) in [5, 5.41) is 5.45. The lowest BCUT2D eigenvalue weighted by Crippen LogP contribution is -2.47. The molecule has 1 fully saturated rings. The van der Waals surface area contributed by atoms with Crippen molar-refractivity contribution in [1.82, 2.24) is 5.32 Å². The van der Waals surface area contributed by atoms with Gasteiger partial charge in [-0.05, 0) is 37.1 Å². The molecule has 1 aliphatic heterocycles. The van der Waals surface area contributed by atoms with Gasteiger partial charge in [0.2, 0.25) is 5.91 Å². The molecule has 0 bridgehead atoms. The van der Waals surface area contributed by atoms with Crippen molar-refractivity contribution in [3.63, 3.8) is 0 Å². The molecule has 0 radical (unpaired) electrons. The van der Waals surface area contributed by atoms with E-state index in [9.17, 15) is 9.59 Å². The minimum Gasteiger partial charge on any atom is -0.450 e. The molecule has 0 unspecified atom stereocenters. The molecule has 0 aromatic heterocycles. The molecule has 2 amide bonds. The molecule has 25 heavy (non-hydrogen) atoms. The molecule has 0 saturated carbocycles. The summed E-state index contributed by atoms with van der Waals surface area (Å²) in [7, 11) is 0. The highest BCUT2D eigenvalue weighted by atomic mass is 16.5. The van der Waals surface area contributed by atoms with Gasteiger partial charge in [0, 0.05) is 24.5 Å². The zero-order chi connectivity index (χ0) is 18.2. The van der Waals surface area contributed by atoms with E-state index in [-0.39, 0.29) is 18.4 Å². The number of amides is 2. The van der Waals surface area contributed by atoms with Crippen LogP contribution in [0, 0.1) is 5.92 Å². The number of ether oxygens (including phenoxy) is 2. The molecule has 1 aromatic rings. The van der Waals surface area contributed by atoms with Gasteiger partial charge in [-0.2, -0.15) is 0 Å². The number of hydrogen-bond acceptors (Lipinski definition) is 5. The molecule has 138 valence electrons. The molecule has 2 rings (SSSR count). The zero-order valence-corrected chi connectivity index (χ0v) is 15.1. The number of anilines is 2. The van der Waals surface area contributed by atoms with Gasteiger partial charge in [0.1, 0.15) is 6.04 Å². The van der Waals surface area contributed by atoms with Gasteiger partial charge in [0.15, 0.2) is 0 Å². The first-order valence-electron chi connectivity index (χ1n) is 8.68. The third-order valence-corrected chi connectivity index (χ3v) is 4.01. The molecular formula is C18H27N3O4. The van der Waals surface area contributed by atoms with E-state index < -0.39 is 12.1 Å². The maximum absolute atomic E-state index is 12.5. The van der Waals surface area contributed by atoms with Gasteiger partial charge in [0.25, 0.3) is 0 Å². The molecular weight excluding hydrogens is 322 g/mol. The molecule has 1 aromatic carbocycles. The van der Waals surface area contributed by atoms with Crippen molar-refractivity contribution in [2.24, 2.45) is 5.92 Å². The highest BCUT2D eigenvalue weighted by molar-refractivity contribution is 5.96. The standard InChI is InChI=1S/C18H27N3O4/c1-4-25-18(23)20-16(13(2)3)17(22)19-14-5-7-15(8-6-14)21-9-11-24-12-10-21/h5-8,13,16H,4,9-12H2,1-3H3,(H,19,22)(H,20,23)/t16-/m1/s1. The van der Waals surface area contributed by atoms with Crippen LogP contribution in [0.15, 0.2) is 24.3 Å². The Kier molecular flexibility index (Phi) is 7.06. The Morgan fingerprint density at radius 2 is 1.84 bits per heavy atom. The molecule has 1 aliphatic rings. The first-order valence-corrected chi connectivity index (χ1v) is 8.68. The van der Waals surface area contributed by atoms with Crippen molar-refractivity contribution in [1.29, 1.82) is 0 Å². The van der Waals surface area contributed by atoms with Crippen LogP contribution < -0.4 is 15.5 Å². The number of alkyl carbamates (subject to hydrolysis) is 1. The Labute approximate surface area is 148 Å². The summed E-state index contributed by atoms with van der Waals surface area (Å²) in [6, 6.07) is 7.03. The van der Waals surface area contributed by atoms with Crippen LogP contribution in [0.25, 0.3) is 0 Å². The lowest BCUT2D eigenvalue weighted by Gasteiger charge is -2.29. The van der Waals surface area contributed by atoms with E-state index in [2.05, 4.69) is 15.5 Å². The van der Waals surface area contributed by atoms with E-state index in [1.165, 1.54) is 0 Å². The van der Waals surface area contributed by atoms with Crippen molar-refractivity contribution < 1.29 is 19.1 Å². The summed E-state index contributed by atoms with van der Waals surface area (Å²) in [4.78, 5) is 26.3. The second-order valence-corrected chi connectivity index (χ2v) is 6.22. The van der Waals surface area contributed by atoms with Crippen LogP contribution in [0.4, 0.5) is 16.2 Å². The monoisotopic (exact) mass is 349 g/mol. The Morgan fingerprint density at radius 1 is 1.20 bits per heavy atom. The summed E-state index contributed by atoms with van der Waals surface area (Å²) in [6.07, 6.45) is -0.584. The van der Waals surface area contributed by atoms with Crippen LogP contribution in [0.2, 0.25) is 0 Å². The van der Waals surface area contributed by atoms with E-state index in [1.807, 2.05) is 38.1 Å². The fourth-order valence-electron chi connectivity index (χ4n) is 2.63. The van der Waals surface area contributed by atoms with E-state index in [1.54, 1.807) is 6.92 Å². The average molecular weight is 349 g/mol. The van der Waals surface area contributed by atoms with Gasteiger partial charge in [-0.15, -0.1) is 0 Å². The fraction of sp³-hybridized carbons (Fsp3) is 0.556. The number of carbonyl (C=O) groups excluding carboxylic acids is 2. The van der Waals surface area contributed by atoms with Gasteiger partial charge >= 0.3 is 6.09 Å². The molecule has 0 aliphatic carbocycles. The van der Waals surface area contributed by atoms with Crippen molar-refractivity contribution >= 4 is 23.4 Å². The Bertz CT molecular complexity index is 568. The van der Waals surface area contributed by atoms with Crippen LogP contribution in [-0.4, -0.2) is 51.0 Å². The minimum absolute atomic E-state index is 0.0583. The predicted octanol–water partition coefficient (Wildman–Crippen LogP) is 2.23. The number of morpholine rings is 1.